The maximum atomic E-state index is 12.3. The highest BCUT2D eigenvalue weighted by molar-refractivity contribution is 5.77. The molecule has 0 aromatic carbocycles. The fraction of sp³-hybridized carbons (Fsp3) is 0.625. The van der Waals surface area contributed by atoms with Crippen molar-refractivity contribution >= 4 is 5.91 Å². The number of ether oxygens (including phenoxy) is 1. The fourth-order valence-electron chi connectivity index (χ4n) is 2.70. The minimum atomic E-state index is -0.0760. The van der Waals surface area contributed by atoms with Crippen molar-refractivity contribution in [2.75, 3.05) is 19.7 Å². The smallest absolute Gasteiger partial charge is 0.260 e. The number of aromatic nitrogens is 3. The van der Waals surface area contributed by atoms with Gasteiger partial charge in [0.1, 0.15) is 5.76 Å². The van der Waals surface area contributed by atoms with Crippen LogP contribution in [0.15, 0.2) is 15.1 Å². The van der Waals surface area contributed by atoms with Crippen LogP contribution in [0, 0.1) is 6.92 Å². The summed E-state index contributed by atoms with van der Waals surface area (Å²) in [5, 5.41) is 7.79. The number of amides is 1. The summed E-state index contributed by atoms with van der Waals surface area (Å²) in [4.78, 5) is 18.6. The molecule has 130 valence electrons. The maximum absolute atomic E-state index is 12.3. The van der Waals surface area contributed by atoms with Crippen molar-refractivity contribution in [2.24, 2.45) is 0 Å². The molecule has 0 unspecified atom stereocenters. The Balaban J connectivity index is 1.56. The molecule has 1 aliphatic rings. The van der Waals surface area contributed by atoms with Crippen LogP contribution >= 0.6 is 0 Å². The van der Waals surface area contributed by atoms with Crippen molar-refractivity contribution in [3.05, 3.63) is 23.5 Å². The Labute approximate surface area is 140 Å². The molecule has 1 aliphatic heterocycles. The van der Waals surface area contributed by atoms with Crippen LogP contribution in [0.25, 0.3) is 0 Å². The van der Waals surface area contributed by atoms with Crippen LogP contribution in [-0.4, -0.2) is 45.8 Å². The third-order valence-electron chi connectivity index (χ3n) is 4.04. The van der Waals surface area contributed by atoms with Gasteiger partial charge in [-0.1, -0.05) is 19.0 Å². The summed E-state index contributed by atoms with van der Waals surface area (Å²) < 4.78 is 15.6. The molecule has 0 radical (unpaired) electrons. The first-order chi connectivity index (χ1) is 11.5. The summed E-state index contributed by atoms with van der Waals surface area (Å²) in [6.45, 7) is 7.03. The Morgan fingerprint density at radius 2 is 2.25 bits per heavy atom. The number of nitrogens with zero attached hydrogens (tertiary/aromatic N) is 4. The van der Waals surface area contributed by atoms with E-state index in [9.17, 15) is 4.79 Å². The molecule has 0 bridgehead atoms. The van der Waals surface area contributed by atoms with E-state index in [1.54, 1.807) is 17.9 Å². The van der Waals surface area contributed by atoms with Crippen LogP contribution in [0.5, 0.6) is 5.88 Å². The maximum Gasteiger partial charge on any atom is 0.260 e. The van der Waals surface area contributed by atoms with Gasteiger partial charge in [0.05, 0.1) is 0 Å². The van der Waals surface area contributed by atoms with Gasteiger partial charge in [0.25, 0.3) is 11.8 Å². The summed E-state index contributed by atoms with van der Waals surface area (Å²) in [5.41, 5.74) is 0. The second kappa shape index (κ2) is 7.02. The zero-order valence-corrected chi connectivity index (χ0v) is 14.2. The van der Waals surface area contributed by atoms with Gasteiger partial charge < -0.3 is 18.7 Å². The molecule has 0 N–H and O–H groups in total. The van der Waals surface area contributed by atoms with Crippen LogP contribution in [0.2, 0.25) is 0 Å². The minimum Gasteiger partial charge on any atom is -0.465 e. The molecule has 24 heavy (non-hydrogen) atoms. The number of aryl methyl sites for hydroxylation is 1. The van der Waals surface area contributed by atoms with Crippen molar-refractivity contribution < 1.29 is 18.6 Å². The first-order valence-corrected chi connectivity index (χ1v) is 8.20. The lowest BCUT2D eigenvalue weighted by atomic mass is 9.97. The Kier molecular flexibility index (Phi) is 4.82. The number of hydrogen-bond acceptors (Lipinski definition) is 7. The topological polar surface area (TPSA) is 94.5 Å². The summed E-state index contributed by atoms with van der Waals surface area (Å²) in [5.74, 6) is 2.53. The number of rotatable bonds is 5. The number of carbonyl (C=O) groups excluding carboxylic acids is 1. The largest absolute Gasteiger partial charge is 0.465 e. The molecule has 0 aliphatic carbocycles. The highest BCUT2D eigenvalue weighted by Crippen LogP contribution is 2.26. The average Bonchev–Trinajstić information content (AvgIpc) is 3.22. The van der Waals surface area contributed by atoms with E-state index in [0.717, 1.165) is 12.8 Å². The second-order valence-corrected chi connectivity index (χ2v) is 6.39. The van der Waals surface area contributed by atoms with Gasteiger partial charge in [0.2, 0.25) is 5.89 Å². The van der Waals surface area contributed by atoms with Gasteiger partial charge in [-0.15, -0.1) is 0 Å². The monoisotopic (exact) mass is 334 g/mol. The molecule has 0 spiro atoms. The van der Waals surface area contributed by atoms with Gasteiger partial charge in [-0.25, -0.2) is 0 Å². The van der Waals surface area contributed by atoms with Crippen molar-refractivity contribution in [3.8, 4) is 5.88 Å². The van der Waals surface area contributed by atoms with Crippen LogP contribution in [0.3, 0.4) is 0 Å². The highest BCUT2D eigenvalue weighted by atomic mass is 16.5. The van der Waals surface area contributed by atoms with E-state index in [-0.39, 0.29) is 24.3 Å². The van der Waals surface area contributed by atoms with Crippen LogP contribution in [-0.2, 0) is 4.79 Å². The van der Waals surface area contributed by atoms with Crippen LogP contribution < -0.4 is 4.74 Å². The number of carbonyl (C=O) groups is 1. The van der Waals surface area contributed by atoms with Gasteiger partial charge in [0, 0.05) is 31.0 Å². The van der Waals surface area contributed by atoms with Crippen molar-refractivity contribution in [3.63, 3.8) is 0 Å². The third-order valence-corrected chi connectivity index (χ3v) is 4.04. The van der Waals surface area contributed by atoms with Gasteiger partial charge in [-0.3, -0.25) is 4.79 Å². The summed E-state index contributed by atoms with van der Waals surface area (Å²) in [6.07, 6.45) is 1.86. The van der Waals surface area contributed by atoms with E-state index in [1.165, 1.54) is 0 Å². The molecule has 8 heteroatoms. The molecule has 2 aromatic rings. The Morgan fingerprint density at radius 3 is 2.92 bits per heavy atom. The van der Waals surface area contributed by atoms with Gasteiger partial charge in [-0.2, -0.15) is 4.98 Å². The fourth-order valence-corrected chi connectivity index (χ4v) is 2.70. The minimum absolute atomic E-state index is 0.0534. The van der Waals surface area contributed by atoms with E-state index in [4.69, 9.17) is 13.8 Å². The van der Waals surface area contributed by atoms with E-state index >= 15 is 0 Å². The molecular formula is C16H22N4O4. The standard InChI is InChI=1S/C16H22N4O4/c1-10(2)16-17-15(19-24-16)12-5-4-6-20(8-12)14(21)9-22-13-7-11(3)23-18-13/h7,10,12H,4-6,8-9H2,1-3H3/t12-/m0/s1. The molecule has 3 heterocycles. The van der Waals surface area contributed by atoms with E-state index in [1.807, 2.05) is 13.8 Å². The van der Waals surface area contributed by atoms with E-state index < -0.39 is 0 Å². The van der Waals surface area contributed by atoms with Crippen LogP contribution in [0.4, 0.5) is 0 Å². The predicted octanol–water partition coefficient (Wildman–Crippen LogP) is 2.27. The normalized spacial score (nSPS) is 18.2. The number of likely N-dealkylation sites (tertiary alicyclic amines) is 1. The van der Waals surface area contributed by atoms with E-state index in [2.05, 4.69) is 15.3 Å². The van der Waals surface area contributed by atoms with Crippen molar-refractivity contribution in [2.45, 2.75) is 45.4 Å². The summed E-state index contributed by atoms with van der Waals surface area (Å²) in [7, 11) is 0. The zero-order chi connectivity index (χ0) is 17.1. The molecule has 3 rings (SSSR count). The predicted molar refractivity (Wildman–Crippen MR) is 83.7 cm³/mol. The molecule has 0 saturated carbocycles. The number of hydrogen-bond donors (Lipinski definition) is 0. The zero-order valence-electron chi connectivity index (χ0n) is 14.2. The van der Waals surface area contributed by atoms with Crippen molar-refractivity contribution in [1.82, 2.24) is 20.2 Å². The Morgan fingerprint density at radius 1 is 1.42 bits per heavy atom. The Bertz CT molecular complexity index is 694. The number of piperidine rings is 1. The summed E-state index contributed by atoms with van der Waals surface area (Å²) in [6, 6.07) is 1.65. The lowest BCUT2D eigenvalue weighted by Gasteiger charge is -2.31. The van der Waals surface area contributed by atoms with Crippen molar-refractivity contribution in [1.29, 1.82) is 0 Å². The second-order valence-electron chi connectivity index (χ2n) is 6.39. The molecule has 1 amide bonds. The molecule has 1 atom stereocenters. The van der Waals surface area contributed by atoms with E-state index in [0.29, 0.717) is 36.4 Å². The molecule has 8 nitrogen and oxygen atoms in total. The van der Waals surface area contributed by atoms with Gasteiger partial charge in [0.15, 0.2) is 12.4 Å². The lowest BCUT2D eigenvalue weighted by Crippen LogP contribution is -2.41. The highest BCUT2D eigenvalue weighted by Gasteiger charge is 2.28. The lowest BCUT2D eigenvalue weighted by molar-refractivity contribution is -0.134. The SMILES string of the molecule is Cc1cc(OCC(=O)N2CCC[C@H](c3noc(C(C)C)n3)C2)no1. The molecule has 2 aromatic heterocycles. The average molecular weight is 334 g/mol. The molecule has 1 fully saturated rings. The quantitative estimate of drug-likeness (QED) is 0.827. The Hall–Kier alpha value is -2.38. The van der Waals surface area contributed by atoms with Gasteiger partial charge >= 0.3 is 0 Å². The van der Waals surface area contributed by atoms with Gasteiger partial charge in [-0.05, 0) is 24.9 Å². The molecule has 1 saturated heterocycles. The summed E-state index contributed by atoms with van der Waals surface area (Å²) >= 11 is 0. The first-order valence-electron chi connectivity index (χ1n) is 8.20. The third kappa shape index (κ3) is 3.74. The molecular weight excluding hydrogens is 312 g/mol. The van der Waals surface area contributed by atoms with Crippen LogP contribution in [0.1, 0.15) is 56.0 Å². The first kappa shape index (κ1) is 16.5.